The molecule has 23 heavy (non-hydrogen) atoms. The van der Waals surface area contributed by atoms with Gasteiger partial charge < -0.3 is 14.3 Å². The minimum absolute atomic E-state index is 0.0706. The highest BCUT2D eigenvalue weighted by molar-refractivity contribution is 6.17. The number of aromatic hydroxyl groups is 1. The third-order valence-corrected chi connectivity index (χ3v) is 3.80. The Morgan fingerprint density at radius 3 is 2.65 bits per heavy atom. The maximum atomic E-state index is 12.7. The lowest BCUT2D eigenvalue weighted by Crippen LogP contribution is -2.08. The molecule has 5 heteroatoms. The minimum atomic E-state index is -0.555. The number of phenolic OH excluding ortho intramolecular Hbond substituents is 1. The number of hydrogen-bond donors (Lipinski definition) is 1. The standard InChI is InChI=1S/C18H20O5/c1-5-7-11-8-14(20)23-18-15(11)12(19)9-13(22-4)16(18)17(21)10(3)6-2/h6,8-9,19H,5,7H2,1-4H3/b10-6+. The molecular weight excluding hydrogens is 296 g/mol. The summed E-state index contributed by atoms with van der Waals surface area (Å²) >= 11 is 0. The van der Waals surface area contributed by atoms with Gasteiger partial charge in [0.25, 0.3) is 0 Å². The summed E-state index contributed by atoms with van der Waals surface area (Å²) in [4.78, 5) is 24.6. The molecule has 1 heterocycles. The molecule has 5 nitrogen and oxygen atoms in total. The average molecular weight is 316 g/mol. The summed E-state index contributed by atoms with van der Waals surface area (Å²) in [5.41, 5.74) is 0.834. The number of aryl methyl sites for hydroxylation is 1. The fraction of sp³-hybridized carbons (Fsp3) is 0.333. The van der Waals surface area contributed by atoms with E-state index in [4.69, 9.17) is 9.15 Å². The predicted octanol–water partition coefficient (Wildman–Crippen LogP) is 3.61. The maximum absolute atomic E-state index is 12.7. The highest BCUT2D eigenvalue weighted by Crippen LogP contribution is 2.37. The van der Waals surface area contributed by atoms with Gasteiger partial charge in [0, 0.05) is 12.1 Å². The lowest BCUT2D eigenvalue weighted by molar-refractivity contribution is 0.103. The molecular formula is C18H20O5. The second-order valence-corrected chi connectivity index (χ2v) is 5.32. The first kappa shape index (κ1) is 16.8. The monoisotopic (exact) mass is 316 g/mol. The van der Waals surface area contributed by atoms with E-state index in [9.17, 15) is 14.7 Å². The van der Waals surface area contributed by atoms with Crippen molar-refractivity contribution in [2.45, 2.75) is 33.6 Å². The first-order valence-corrected chi connectivity index (χ1v) is 7.48. The highest BCUT2D eigenvalue weighted by atomic mass is 16.5. The number of benzene rings is 1. The number of fused-ring (bicyclic) bond motifs is 1. The number of hydrogen-bond acceptors (Lipinski definition) is 5. The minimum Gasteiger partial charge on any atom is -0.507 e. The van der Waals surface area contributed by atoms with Gasteiger partial charge in [0.1, 0.15) is 17.1 Å². The van der Waals surface area contributed by atoms with Gasteiger partial charge in [-0.25, -0.2) is 4.79 Å². The number of rotatable bonds is 5. The second-order valence-electron chi connectivity index (χ2n) is 5.32. The Morgan fingerprint density at radius 2 is 2.09 bits per heavy atom. The summed E-state index contributed by atoms with van der Waals surface area (Å²) in [6.07, 6.45) is 3.06. The summed E-state index contributed by atoms with van der Waals surface area (Å²) in [6.45, 7) is 5.40. The van der Waals surface area contributed by atoms with E-state index >= 15 is 0 Å². The Bertz CT molecular complexity index is 843. The fourth-order valence-electron chi connectivity index (χ4n) is 2.55. The summed E-state index contributed by atoms with van der Waals surface area (Å²) in [5.74, 6) is -0.192. The largest absolute Gasteiger partial charge is 0.507 e. The van der Waals surface area contributed by atoms with Crippen molar-refractivity contribution >= 4 is 16.8 Å². The van der Waals surface area contributed by atoms with Crippen molar-refractivity contribution in [3.8, 4) is 11.5 Å². The van der Waals surface area contributed by atoms with Crippen LogP contribution in [0.25, 0.3) is 11.0 Å². The van der Waals surface area contributed by atoms with E-state index in [1.807, 2.05) is 6.92 Å². The zero-order chi connectivity index (χ0) is 17.1. The van der Waals surface area contributed by atoms with Crippen LogP contribution in [0.1, 0.15) is 43.1 Å². The van der Waals surface area contributed by atoms with Gasteiger partial charge in [0.05, 0.1) is 12.5 Å². The van der Waals surface area contributed by atoms with Crippen molar-refractivity contribution in [3.05, 3.63) is 45.3 Å². The van der Waals surface area contributed by atoms with Gasteiger partial charge in [-0.3, -0.25) is 4.79 Å². The van der Waals surface area contributed by atoms with Crippen molar-refractivity contribution in [2.24, 2.45) is 0 Å². The van der Waals surface area contributed by atoms with E-state index in [1.54, 1.807) is 19.9 Å². The molecule has 2 aromatic rings. The zero-order valence-corrected chi connectivity index (χ0v) is 13.7. The van der Waals surface area contributed by atoms with Crippen LogP contribution in [0.4, 0.5) is 0 Å². The van der Waals surface area contributed by atoms with Crippen LogP contribution in [-0.4, -0.2) is 18.0 Å². The quantitative estimate of drug-likeness (QED) is 0.518. The normalized spacial score (nSPS) is 11.7. The molecule has 0 atom stereocenters. The van der Waals surface area contributed by atoms with Crippen LogP contribution in [-0.2, 0) is 6.42 Å². The lowest BCUT2D eigenvalue weighted by atomic mass is 9.97. The first-order valence-electron chi connectivity index (χ1n) is 7.48. The van der Waals surface area contributed by atoms with E-state index in [-0.39, 0.29) is 28.4 Å². The van der Waals surface area contributed by atoms with Crippen LogP contribution >= 0.6 is 0 Å². The molecule has 0 saturated heterocycles. The summed E-state index contributed by atoms with van der Waals surface area (Å²) in [5, 5.41) is 10.7. The molecule has 1 aromatic carbocycles. The van der Waals surface area contributed by atoms with Gasteiger partial charge >= 0.3 is 5.63 Å². The van der Waals surface area contributed by atoms with Crippen LogP contribution in [0, 0.1) is 0 Å². The Hall–Kier alpha value is -2.56. The number of allylic oxidation sites excluding steroid dienone is 2. The van der Waals surface area contributed by atoms with Crippen molar-refractivity contribution in [1.82, 2.24) is 0 Å². The number of phenols is 1. The molecule has 2 rings (SSSR count). The van der Waals surface area contributed by atoms with Crippen LogP contribution in [0.5, 0.6) is 11.5 Å². The van der Waals surface area contributed by atoms with Crippen molar-refractivity contribution in [1.29, 1.82) is 0 Å². The fourth-order valence-corrected chi connectivity index (χ4v) is 2.55. The van der Waals surface area contributed by atoms with Crippen molar-refractivity contribution in [2.75, 3.05) is 7.11 Å². The molecule has 0 bridgehead atoms. The van der Waals surface area contributed by atoms with Gasteiger partial charge in [-0.15, -0.1) is 0 Å². The molecule has 0 unspecified atom stereocenters. The molecule has 0 amide bonds. The molecule has 0 spiro atoms. The Kier molecular flexibility index (Phi) is 4.89. The molecule has 0 fully saturated rings. The van der Waals surface area contributed by atoms with Gasteiger partial charge in [0.15, 0.2) is 11.4 Å². The number of ketones is 1. The topological polar surface area (TPSA) is 76.7 Å². The third kappa shape index (κ3) is 2.99. The van der Waals surface area contributed by atoms with E-state index < -0.39 is 5.63 Å². The van der Waals surface area contributed by atoms with Crippen LogP contribution in [0.3, 0.4) is 0 Å². The Labute approximate surface area is 134 Å². The Morgan fingerprint density at radius 1 is 1.39 bits per heavy atom. The number of methoxy groups -OCH3 is 1. The maximum Gasteiger partial charge on any atom is 0.336 e. The molecule has 0 saturated carbocycles. The zero-order valence-electron chi connectivity index (χ0n) is 13.7. The van der Waals surface area contributed by atoms with E-state index in [2.05, 4.69) is 0 Å². The second kappa shape index (κ2) is 6.69. The summed E-state index contributed by atoms with van der Waals surface area (Å²) < 4.78 is 10.5. The number of carbonyl (C=O) groups is 1. The van der Waals surface area contributed by atoms with Crippen LogP contribution in [0.2, 0.25) is 0 Å². The number of ether oxygens (including phenoxy) is 1. The lowest BCUT2D eigenvalue weighted by Gasteiger charge is -2.13. The van der Waals surface area contributed by atoms with Crippen molar-refractivity contribution in [3.63, 3.8) is 0 Å². The molecule has 0 aliphatic carbocycles. The number of Topliss-reactive ketones (excluding diaryl/α,β-unsaturated/α-hetero) is 1. The predicted molar refractivity (Wildman–Crippen MR) is 88.5 cm³/mol. The molecule has 1 N–H and O–H groups in total. The van der Waals surface area contributed by atoms with Gasteiger partial charge in [0.2, 0.25) is 0 Å². The third-order valence-electron chi connectivity index (χ3n) is 3.80. The Balaban J connectivity index is 2.97. The summed E-state index contributed by atoms with van der Waals surface area (Å²) in [6, 6.07) is 2.74. The SMILES string of the molecule is C/C=C(\C)C(=O)c1c(OC)cc(O)c2c(CCC)cc(=O)oc12. The van der Waals surface area contributed by atoms with Gasteiger partial charge in [-0.2, -0.15) is 0 Å². The highest BCUT2D eigenvalue weighted by Gasteiger charge is 2.24. The van der Waals surface area contributed by atoms with Gasteiger partial charge in [-0.1, -0.05) is 19.4 Å². The van der Waals surface area contributed by atoms with E-state index in [0.717, 1.165) is 6.42 Å². The van der Waals surface area contributed by atoms with E-state index in [0.29, 0.717) is 22.9 Å². The number of carbonyl (C=O) groups excluding carboxylic acids is 1. The summed E-state index contributed by atoms with van der Waals surface area (Å²) in [7, 11) is 1.40. The molecule has 1 aromatic heterocycles. The van der Waals surface area contributed by atoms with Crippen molar-refractivity contribution < 1.29 is 19.1 Å². The van der Waals surface area contributed by atoms with E-state index in [1.165, 1.54) is 19.2 Å². The molecule has 0 radical (unpaired) electrons. The van der Waals surface area contributed by atoms with Crippen LogP contribution in [0.15, 0.2) is 33.0 Å². The molecule has 0 aliphatic heterocycles. The molecule has 122 valence electrons. The van der Waals surface area contributed by atoms with Crippen LogP contribution < -0.4 is 10.4 Å². The smallest absolute Gasteiger partial charge is 0.336 e. The molecule has 0 aliphatic rings. The first-order chi connectivity index (χ1) is 10.9. The van der Waals surface area contributed by atoms with Gasteiger partial charge in [-0.05, 0) is 31.4 Å². The average Bonchev–Trinajstić information content (AvgIpc) is 2.52.